The molecule has 0 N–H and O–H groups in total. The molecular formula is C47H77Br2NO4. The van der Waals surface area contributed by atoms with Gasteiger partial charge in [0, 0.05) is 22.3 Å². The van der Waals surface area contributed by atoms with Crippen LogP contribution in [0.25, 0.3) is 0 Å². The maximum atomic E-state index is 13.8. The van der Waals surface area contributed by atoms with Crippen LogP contribution in [0.5, 0.6) is 0 Å². The van der Waals surface area contributed by atoms with E-state index < -0.39 is 11.8 Å². The van der Waals surface area contributed by atoms with Gasteiger partial charge in [0.2, 0.25) is 0 Å². The average molecular weight is 880 g/mol. The number of nitrogens with zero attached hydrogens (tertiary/aromatic N) is 1. The minimum Gasteiger partial charge on any atom is -0.465 e. The fourth-order valence-electron chi connectivity index (χ4n) is 7.69. The maximum absolute atomic E-state index is 13.8. The Kier molecular flexibility index (Phi) is 30.3. The monoisotopic (exact) mass is 877 g/mol. The Hall–Kier alpha value is -1.47. The van der Waals surface area contributed by atoms with Crippen LogP contribution in [0.1, 0.15) is 205 Å². The smallest absolute Gasteiger partial charge is 0.336 e. The predicted octanol–water partition coefficient (Wildman–Crippen LogP) is 14.9. The van der Waals surface area contributed by atoms with Gasteiger partial charge in [-0.2, -0.15) is 0 Å². The zero-order chi connectivity index (χ0) is 38.9. The van der Waals surface area contributed by atoms with Gasteiger partial charge in [-0.05, 0) is 18.4 Å². The van der Waals surface area contributed by atoms with E-state index in [1.54, 1.807) is 0 Å². The topological polar surface area (TPSA) is 65.0 Å². The van der Waals surface area contributed by atoms with Crippen molar-refractivity contribution in [2.45, 2.75) is 200 Å². The van der Waals surface area contributed by atoms with Crippen molar-refractivity contribution in [3.05, 3.63) is 47.2 Å². The van der Waals surface area contributed by atoms with Crippen molar-refractivity contribution in [1.82, 2.24) is 0 Å². The summed E-state index contributed by atoms with van der Waals surface area (Å²) in [6.07, 6.45) is 35.9. The first-order valence-corrected chi connectivity index (χ1v) is 24.6. The van der Waals surface area contributed by atoms with Crippen molar-refractivity contribution in [3.8, 4) is 0 Å². The lowest BCUT2D eigenvalue weighted by Crippen LogP contribution is -2.39. The lowest BCUT2D eigenvalue weighted by molar-refractivity contribution is -0.147. The molecule has 0 saturated carbocycles. The standard InChI is InChI=1S/C47H77Br2NO4/c1-3-5-7-9-11-13-15-17-19-21-23-25-27-32-36-53-46(51)44-41(38-48)50-42(39-49)45(43(44)40-34-30-29-31-35-40)47(52)54-37-33-28-26-24-22-20-18-16-14-12-10-8-6-4-2/h29-31,34-35,43-44H,3-28,32-33,36-39H2,1-2H3. The van der Waals surface area contributed by atoms with E-state index in [9.17, 15) is 9.59 Å². The number of unbranched alkanes of at least 4 members (excludes halogenated alkanes) is 26. The highest BCUT2D eigenvalue weighted by molar-refractivity contribution is 9.09. The molecule has 54 heavy (non-hydrogen) atoms. The number of hydrogen-bond acceptors (Lipinski definition) is 5. The van der Waals surface area contributed by atoms with Crippen molar-refractivity contribution in [2.24, 2.45) is 10.9 Å². The van der Waals surface area contributed by atoms with Gasteiger partial charge in [-0.3, -0.25) is 9.79 Å². The minimum atomic E-state index is -0.690. The van der Waals surface area contributed by atoms with Gasteiger partial charge < -0.3 is 9.47 Å². The van der Waals surface area contributed by atoms with Crippen LogP contribution in [-0.2, 0) is 19.1 Å². The van der Waals surface area contributed by atoms with Crippen molar-refractivity contribution < 1.29 is 19.1 Å². The number of alkyl halides is 2. The van der Waals surface area contributed by atoms with E-state index >= 15 is 0 Å². The highest BCUT2D eigenvalue weighted by Crippen LogP contribution is 2.41. The number of allylic oxidation sites excluding steroid dienone is 1. The number of aliphatic imine (C=N–C) groups is 1. The van der Waals surface area contributed by atoms with Crippen molar-refractivity contribution >= 4 is 49.5 Å². The Morgan fingerprint density at radius 2 is 0.926 bits per heavy atom. The number of ether oxygens (including phenoxy) is 2. The number of esters is 2. The van der Waals surface area contributed by atoms with Crippen LogP contribution in [0.4, 0.5) is 0 Å². The molecule has 1 aromatic carbocycles. The molecule has 308 valence electrons. The van der Waals surface area contributed by atoms with Gasteiger partial charge in [-0.25, -0.2) is 4.79 Å². The summed E-state index contributed by atoms with van der Waals surface area (Å²) >= 11 is 7.17. The quantitative estimate of drug-likeness (QED) is 0.0387. The summed E-state index contributed by atoms with van der Waals surface area (Å²) in [7, 11) is 0. The highest BCUT2D eigenvalue weighted by Gasteiger charge is 2.44. The van der Waals surface area contributed by atoms with Crippen LogP contribution >= 0.6 is 31.9 Å². The van der Waals surface area contributed by atoms with Crippen LogP contribution < -0.4 is 0 Å². The number of rotatable bonds is 35. The second-order valence-corrected chi connectivity index (χ2v) is 16.7. The Morgan fingerprint density at radius 3 is 1.31 bits per heavy atom. The van der Waals surface area contributed by atoms with Gasteiger partial charge in [0.25, 0.3) is 0 Å². The third-order valence-electron chi connectivity index (χ3n) is 11.0. The lowest BCUT2D eigenvalue weighted by Gasteiger charge is -2.32. The molecule has 5 nitrogen and oxygen atoms in total. The first-order valence-electron chi connectivity index (χ1n) is 22.4. The third-order valence-corrected chi connectivity index (χ3v) is 12.1. The van der Waals surface area contributed by atoms with Crippen LogP contribution in [-0.4, -0.2) is 41.5 Å². The Bertz CT molecular complexity index is 1150. The summed E-state index contributed by atoms with van der Waals surface area (Å²) in [5, 5.41) is 0.823. The summed E-state index contributed by atoms with van der Waals surface area (Å²) in [6, 6.07) is 9.84. The van der Waals surface area contributed by atoms with Gasteiger partial charge in [-0.1, -0.05) is 243 Å². The fraction of sp³-hybridized carbons (Fsp3) is 0.766. The molecule has 2 unspecified atom stereocenters. The summed E-state index contributed by atoms with van der Waals surface area (Å²) in [4.78, 5) is 32.5. The van der Waals surface area contributed by atoms with Gasteiger partial charge in [0.15, 0.2) is 0 Å². The maximum Gasteiger partial charge on any atom is 0.336 e. The van der Waals surface area contributed by atoms with E-state index in [1.165, 1.54) is 154 Å². The molecule has 0 aliphatic carbocycles. The van der Waals surface area contributed by atoms with Gasteiger partial charge in [-0.15, -0.1) is 0 Å². The number of halogens is 2. The normalized spacial score (nSPS) is 15.7. The molecule has 1 aliphatic rings. The Labute approximate surface area is 348 Å². The van der Waals surface area contributed by atoms with E-state index in [0.29, 0.717) is 40.9 Å². The molecule has 7 heteroatoms. The molecule has 0 fully saturated rings. The van der Waals surface area contributed by atoms with Crippen LogP contribution in [0.3, 0.4) is 0 Å². The van der Waals surface area contributed by atoms with E-state index in [4.69, 9.17) is 14.5 Å². The molecule has 2 atom stereocenters. The molecule has 0 bridgehead atoms. The average Bonchev–Trinajstić information content (AvgIpc) is 3.20. The SMILES string of the molecule is CCCCCCCCCCCCCCCCOC(=O)C1=C(CBr)N=C(CBr)C(C(=O)OCCCCCCCCCCCCCCCC)C1c1ccccc1. The number of hydrogen-bond donors (Lipinski definition) is 0. The van der Waals surface area contributed by atoms with Crippen molar-refractivity contribution in [2.75, 3.05) is 23.9 Å². The van der Waals surface area contributed by atoms with Crippen LogP contribution in [0, 0.1) is 5.92 Å². The second-order valence-electron chi connectivity index (χ2n) is 15.6. The summed E-state index contributed by atoms with van der Waals surface area (Å²) in [5.41, 5.74) is 2.67. The third kappa shape index (κ3) is 21.2. The molecule has 1 aliphatic heterocycles. The van der Waals surface area contributed by atoms with E-state index in [-0.39, 0.29) is 11.9 Å². The summed E-state index contributed by atoms with van der Waals surface area (Å²) in [5.74, 6) is -1.90. The first-order chi connectivity index (χ1) is 26.6. The van der Waals surface area contributed by atoms with Gasteiger partial charge in [0.1, 0.15) is 5.92 Å². The van der Waals surface area contributed by atoms with Crippen molar-refractivity contribution in [1.29, 1.82) is 0 Å². The molecule has 1 heterocycles. The number of carbonyl (C=O) groups is 2. The van der Waals surface area contributed by atoms with E-state index in [2.05, 4.69) is 45.7 Å². The zero-order valence-electron chi connectivity index (χ0n) is 34.5. The summed E-state index contributed by atoms with van der Waals surface area (Å²) < 4.78 is 11.8. The van der Waals surface area contributed by atoms with E-state index in [0.717, 1.165) is 31.2 Å². The Balaban J connectivity index is 1.79. The lowest BCUT2D eigenvalue weighted by atomic mass is 9.75. The largest absolute Gasteiger partial charge is 0.465 e. The minimum absolute atomic E-state index is 0.317. The first kappa shape index (κ1) is 48.7. The van der Waals surface area contributed by atoms with Gasteiger partial charge in [0.05, 0.1) is 24.5 Å². The molecule has 0 amide bonds. The molecule has 0 saturated heterocycles. The summed E-state index contributed by atoms with van der Waals surface area (Å²) in [6.45, 7) is 5.31. The van der Waals surface area contributed by atoms with E-state index in [1.807, 2.05) is 30.3 Å². The number of benzene rings is 1. The molecule has 1 aromatic rings. The second kappa shape index (κ2) is 33.6. The molecule has 0 aromatic heterocycles. The zero-order valence-corrected chi connectivity index (χ0v) is 37.7. The fourth-order valence-corrected chi connectivity index (χ4v) is 8.59. The highest BCUT2D eigenvalue weighted by atomic mass is 79.9. The molecular weight excluding hydrogens is 802 g/mol. The van der Waals surface area contributed by atoms with Crippen LogP contribution in [0.2, 0.25) is 0 Å². The molecule has 2 rings (SSSR count). The number of carbonyl (C=O) groups excluding carboxylic acids is 2. The Morgan fingerprint density at radius 1 is 0.537 bits per heavy atom. The molecule has 0 spiro atoms. The van der Waals surface area contributed by atoms with Crippen molar-refractivity contribution in [3.63, 3.8) is 0 Å². The predicted molar refractivity (Wildman–Crippen MR) is 237 cm³/mol. The van der Waals surface area contributed by atoms with Gasteiger partial charge >= 0.3 is 11.9 Å². The molecule has 0 radical (unpaired) electrons. The van der Waals surface area contributed by atoms with Crippen LogP contribution in [0.15, 0.2) is 46.6 Å².